The molecule has 0 aromatic carbocycles. The third-order valence-electron chi connectivity index (χ3n) is 1.61. The minimum Gasteiger partial charge on any atom is -0.478 e. The molecule has 0 aliphatic carbocycles. The van der Waals surface area contributed by atoms with Crippen LogP contribution in [-0.4, -0.2) is 18.0 Å². The smallest absolute Gasteiger partial charge is 0.478 e. The van der Waals surface area contributed by atoms with Gasteiger partial charge in [0.2, 0.25) is 5.88 Å². The Balaban J connectivity index is 2.94. The van der Waals surface area contributed by atoms with Crippen molar-refractivity contribution in [1.82, 2.24) is 4.98 Å². The molecule has 0 bridgehead atoms. The third-order valence-corrected chi connectivity index (χ3v) is 1.61. The molecular formula is C9H10F3NO2. The highest BCUT2D eigenvalue weighted by Gasteiger charge is 2.32. The van der Waals surface area contributed by atoms with Crippen LogP contribution in [0.3, 0.4) is 0 Å². The molecule has 3 nitrogen and oxygen atoms in total. The van der Waals surface area contributed by atoms with Crippen LogP contribution in [-0.2, 0) is 0 Å². The Kier molecular flexibility index (Phi) is 3.39. The number of aromatic nitrogens is 1. The quantitative estimate of drug-likeness (QED) is 0.786. The molecule has 15 heavy (non-hydrogen) atoms. The van der Waals surface area contributed by atoms with Crippen molar-refractivity contribution in [2.24, 2.45) is 0 Å². The Morgan fingerprint density at radius 3 is 2.60 bits per heavy atom. The van der Waals surface area contributed by atoms with Crippen molar-refractivity contribution in [2.45, 2.75) is 20.2 Å². The Morgan fingerprint density at radius 1 is 1.40 bits per heavy atom. The molecule has 0 spiro atoms. The lowest BCUT2D eigenvalue weighted by molar-refractivity contribution is -0.274. The molecule has 6 heteroatoms. The fourth-order valence-corrected chi connectivity index (χ4v) is 1.02. The standard InChI is InChI=1S/C9H10F3NO2/c1-3-14-8-6(2)7(4-5-13-8)15-9(10,11)12/h4-5H,3H2,1-2H3. The first-order valence-electron chi connectivity index (χ1n) is 4.28. The van der Waals surface area contributed by atoms with Crippen molar-refractivity contribution in [2.75, 3.05) is 6.61 Å². The molecule has 0 unspecified atom stereocenters. The molecule has 0 aliphatic heterocycles. The van der Waals surface area contributed by atoms with Gasteiger partial charge >= 0.3 is 6.36 Å². The van der Waals surface area contributed by atoms with E-state index >= 15 is 0 Å². The fourth-order valence-electron chi connectivity index (χ4n) is 1.02. The summed E-state index contributed by atoms with van der Waals surface area (Å²) < 4.78 is 44.7. The molecule has 0 atom stereocenters. The van der Waals surface area contributed by atoms with Crippen LogP contribution < -0.4 is 9.47 Å². The van der Waals surface area contributed by atoms with Crippen molar-refractivity contribution in [1.29, 1.82) is 0 Å². The van der Waals surface area contributed by atoms with Crippen LogP contribution in [0.5, 0.6) is 11.6 Å². The number of halogens is 3. The second-order valence-electron chi connectivity index (χ2n) is 2.72. The zero-order valence-corrected chi connectivity index (χ0v) is 8.26. The van der Waals surface area contributed by atoms with Crippen LogP contribution in [0.1, 0.15) is 12.5 Å². The minimum atomic E-state index is -4.70. The predicted octanol–water partition coefficient (Wildman–Crippen LogP) is 2.69. The first-order valence-corrected chi connectivity index (χ1v) is 4.28. The molecule has 0 saturated heterocycles. The highest BCUT2D eigenvalue weighted by Crippen LogP contribution is 2.29. The van der Waals surface area contributed by atoms with Crippen molar-refractivity contribution in [3.05, 3.63) is 17.8 Å². The summed E-state index contributed by atoms with van der Waals surface area (Å²) in [7, 11) is 0. The summed E-state index contributed by atoms with van der Waals surface area (Å²) in [4.78, 5) is 3.79. The number of rotatable bonds is 3. The lowest BCUT2D eigenvalue weighted by Crippen LogP contribution is -2.18. The van der Waals surface area contributed by atoms with Crippen molar-refractivity contribution < 1.29 is 22.6 Å². The molecule has 84 valence electrons. The molecule has 1 aromatic heterocycles. The van der Waals surface area contributed by atoms with E-state index in [-0.39, 0.29) is 17.2 Å². The van der Waals surface area contributed by atoms with E-state index in [2.05, 4.69) is 9.72 Å². The summed E-state index contributed by atoms with van der Waals surface area (Å²) in [5, 5.41) is 0. The van der Waals surface area contributed by atoms with Gasteiger partial charge in [0.15, 0.2) is 0 Å². The second-order valence-corrected chi connectivity index (χ2v) is 2.72. The Hall–Kier alpha value is -1.46. The van der Waals surface area contributed by atoms with Gasteiger partial charge in [-0.25, -0.2) is 4.98 Å². The van der Waals surface area contributed by atoms with Crippen LogP contribution in [0.15, 0.2) is 12.3 Å². The van der Waals surface area contributed by atoms with Crippen LogP contribution in [0, 0.1) is 6.92 Å². The van der Waals surface area contributed by atoms with Gasteiger partial charge in [0.05, 0.1) is 12.2 Å². The SMILES string of the molecule is CCOc1nccc(OC(F)(F)F)c1C. The molecule has 1 aromatic rings. The largest absolute Gasteiger partial charge is 0.573 e. The molecule has 0 N–H and O–H groups in total. The number of ether oxygens (including phenoxy) is 2. The van der Waals surface area contributed by atoms with E-state index in [0.717, 1.165) is 6.07 Å². The van der Waals surface area contributed by atoms with Crippen molar-refractivity contribution in [3.63, 3.8) is 0 Å². The first-order chi connectivity index (χ1) is 6.94. The monoisotopic (exact) mass is 221 g/mol. The fraction of sp³-hybridized carbons (Fsp3) is 0.444. The summed E-state index contributed by atoms with van der Waals surface area (Å²) >= 11 is 0. The number of nitrogens with zero attached hydrogens (tertiary/aromatic N) is 1. The van der Waals surface area contributed by atoms with E-state index in [1.807, 2.05) is 0 Å². The van der Waals surface area contributed by atoms with E-state index in [1.165, 1.54) is 13.1 Å². The lowest BCUT2D eigenvalue weighted by Gasteiger charge is -2.13. The van der Waals surface area contributed by atoms with Gasteiger partial charge in [-0.15, -0.1) is 13.2 Å². The van der Waals surface area contributed by atoms with Crippen LogP contribution in [0.2, 0.25) is 0 Å². The molecule has 0 aliphatic rings. The molecular weight excluding hydrogens is 211 g/mol. The maximum atomic E-state index is 12.0. The molecule has 0 amide bonds. The van der Waals surface area contributed by atoms with Gasteiger partial charge in [0.25, 0.3) is 0 Å². The van der Waals surface area contributed by atoms with E-state index < -0.39 is 6.36 Å². The summed E-state index contributed by atoms with van der Waals surface area (Å²) in [5.74, 6) is -0.139. The summed E-state index contributed by atoms with van der Waals surface area (Å²) in [6.45, 7) is 3.51. The van der Waals surface area contributed by atoms with Crippen LogP contribution in [0.25, 0.3) is 0 Å². The lowest BCUT2D eigenvalue weighted by atomic mass is 10.3. The topological polar surface area (TPSA) is 31.4 Å². The number of pyridine rings is 1. The van der Waals surface area contributed by atoms with Gasteiger partial charge in [-0.2, -0.15) is 0 Å². The molecule has 1 heterocycles. The Morgan fingerprint density at radius 2 is 2.07 bits per heavy atom. The maximum absolute atomic E-state index is 12.0. The average molecular weight is 221 g/mol. The normalized spacial score (nSPS) is 11.3. The maximum Gasteiger partial charge on any atom is 0.573 e. The third kappa shape index (κ3) is 3.30. The number of alkyl halides is 3. The first kappa shape index (κ1) is 11.6. The van der Waals surface area contributed by atoms with Gasteiger partial charge in [-0.3, -0.25) is 0 Å². The van der Waals surface area contributed by atoms with E-state index in [9.17, 15) is 13.2 Å². The zero-order chi connectivity index (χ0) is 11.5. The minimum absolute atomic E-state index is 0.152. The van der Waals surface area contributed by atoms with Crippen molar-refractivity contribution in [3.8, 4) is 11.6 Å². The highest BCUT2D eigenvalue weighted by atomic mass is 19.4. The number of hydrogen-bond acceptors (Lipinski definition) is 3. The molecule has 0 radical (unpaired) electrons. The predicted molar refractivity (Wildman–Crippen MR) is 46.8 cm³/mol. The van der Waals surface area contributed by atoms with Crippen molar-refractivity contribution >= 4 is 0 Å². The highest BCUT2D eigenvalue weighted by molar-refractivity contribution is 5.38. The van der Waals surface area contributed by atoms with Gasteiger partial charge in [-0.05, 0) is 19.9 Å². The van der Waals surface area contributed by atoms with Gasteiger partial charge in [0.1, 0.15) is 5.75 Å². The summed E-state index contributed by atoms with van der Waals surface area (Å²) in [6, 6.07) is 1.14. The Bertz CT molecular complexity index is 339. The summed E-state index contributed by atoms with van der Waals surface area (Å²) in [6.07, 6.45) is -3.49. The van der Waals surface area contributed by atoms with Gasteiger partial charge in [-0.1, -0.05) is 0 Å². The van der Waals surface area contributed by atoms with Gasteiger partial charge in [0, 0.05) is 6.20 Å². The molecule has 0 saturated carbocycles. The van der Waals surface area contributed by atoms with E-state index in [4.69, 9.17) is 4.74 Å². The van der Waals surface area contributed by atoms with Gasteiger partial charge < -0.3 is 9.47 Å². The van der Waals surface area contributed by atoms with E-state index in [0.29, 0.717) is 6.61 Å². The van der Waals surface area contributed by atoms with E-state index in [1.54, 1.807) is 6.92 Å². The molecule has 1 rings (SSSR count). The second kappa shape index (κ2) is 4.37. The molecule has 0 fully saturated rings. The van der Waals surface area contributed by atoms with Crippen LogP contribution in [0.4, 0.5) is 13.2 Å². The average Bonchev–Trinajstić information content (AvgIpc) is 2.10. The van der Waals surface area contributed by atoms with Crippen LogP contribution >= 0.6 is 0 Å². The zero-order valence-electron chi connectivity index (χ0n) is 8.26. The Labute approximate surface area is 84.8 Å². The summed E-state index contributed by atoms with van der Waals surface area (Å²) in [5.41, 5.74) is 0.233. The number of hydrogen-bond donors (Lipinski definition) is 0.